The second-order valence-corrected chi connectivity index (χ2v) is 5.39. The van der Waals surface area contributed by atoms with Crippen LogP contribution in [0.4, 0.5) is 0 Å². The highest BCUT2D eigenvalue weighted by Crippen LogP contribution is 2.26. The fraction of sp³-hybridized carbons (Fsp3) is 0.529. The van der Waals surface area contributed by atoms with E-state index < -0.39 is 0 Å². The van der Waals surface area contributed by atoms with Gasteiger partial charge in [0.1, 0.15) is 0 Å². The Kier molecular flexibility index (Phi) is 7.16. The highest BCUT2D eigenvalue weighted by atomic mass is 14.8. The maximum atomic E-state index is 6.01. The van der Waals surface area contributed by atoms with Crippen molar-refractivity contribution in [3.63, 3.8) is 0 Å². The van der Waals surface area contributed by atoms with Crippen LogP contribution < -0.4 is 16.4 Å². The van der Waals surface area contributed by atoms with E-state index in [1.54, 1.807) is 0 Å². The number of unbranched alkanes of at least 4 members (excludes halogenated alkanes) is 2. The first kappa shape index (κ1) is 16.6. The summed E-state index contributed by atoms with van der Waals surface area (Å²) in [6, 6.07) is 0. The molecule has 0 saturated carbocycles. The molecule has 0 aliphatic carbocycles. The van der Waals surface area contributed by atoms with Gasteiger partial charge in [0.25, 0.3) is 0 Å². The lowest BCUT2D eigenvalue weighted by molar-refractivity contribution is 0.708. The van der Waals surface area contributed by atoms with E-state index in [2.05, 4.69) is 37.1 Å². The molecular weight excluding hydrogens is 246 g/mol. The lowest BCUT2D eigenvalue weighted by Gasteiger charge is -2.17. The third kappa shape index (κ3) is 4.89. The second kappa shape index (κ2) is 8.64. The summed E-state index contributed by atoms with van der Waals surface area (Å²) in [5, 5.41) is 6.47. The lowest BCUT2D eigenvalue weighted by Crippen LogP contribution is -2.14. The molecule has 0 radical (unpaired) electrons. The summed E-state index contributed by atoms with van der Waals surface area (Å²) in [6.07, 6.45) is 8.74. The molecule has 20 heavy (non-hydrogen) atoms. The van der Waals surface area contributed by atoms with Crippen molar-refractivity contribution in [2.24, 2.45) is 5.73 Å². The highest BCUT2D eigenvalue weighted by Gasteiger charge is 2.12. The molecular formula is C17H29N3. The van der Waals surface area contributed by atoms with Gasteiger partial charge in [0.2, 0.25) is 0 Å². The van der Waals surface area contributed by atoms with Crippen LogP contribution in [0.15, 0.2) is 46.8 Å². The fourth-order valence-electron chi connectivity index (χ4n) is 2.50. The van der Waals surface area contributed by atoms with Crippen molar-refractivity contribution < 1.29 is 0 Å². The Morgan fingerprint density at radius 3 is 2.80 bits per heavy atom. The predicted molar refractivity (Wildman–Crippen MR) is 88.3 cm³/mol. The molecule has 1 aliphatic heterocycles. The molecule has 0 aromatic carbocycles. The number of hydrogen-bond acceptors (Lipinski definition) is 3. The molecule has 0 aromatic heterocycles. The van der Waals surface area contributed by atoms with Crippen molar-refractivity contribution in [1.82, 2.24) is 10.6 Å². The van der Waals surface area contributed by atoms with Crippen LogP contribution in [0.1, 0.15) is 39.5 Å². The van der Waals surface area contributed by atoms with Gasteiger partial charge in [-0.3, -0.25) is 0 Å². The molecule has 0 amide bonds. The zero-order valence-electron chi connectivity index (χ0n) is 13.2. The minimum absolute atomic E-state index is 0.761. The number of likely N-dealkylation sites (N-methyl/N-ethyl adjacent to an activating group) is 1. The quantitative estimate of drug-likeness (QED) is 0.653. The monoisotopic (exact) mass is 275 g/mol. The maximum absolute atomic E-state index is 6.01. The van der Waals surface area contributed by atoms with E-state index in [1.165, 1.54) is 41.6 Å². The Hall–Kier alpha value is -1.48. The largest absolute Gasteiger partial charge is 0.398 e. The van der Waals surface area contributed by atoms with Crippen LogP contribution in [0, 0.1) is 0 Å². The van der Waals surface area contributed by atoms with Crippen LogP contribution in [0.5, 0.6) is 0 Å². The molecule has 0 aromatic rings. The van der Waals surface area contributed by atoms with E-state index in [-0.39, 0.29) is 0 Å². The van der Waals surface area contributed by atoms with E-state index in [4.69, 9.17) is 5.73 Å². The summed E-state index contributed by atoms with van der Waals surface area (Å²) in [5.74, 6) is 0. The van der Waals surface area contributed by atoms with Crippen molar-refractivity contribution in [3.05, 3.63) is 46.8 Å². The maximum Gasteiger partial charge on any atom is 0.0477 e. The van der Waals surface area contributed by atoms with Crippen LogP contribution in [-0.4, -0.2) is 20.1 Å². The summed E-state index contributed by atoms with van der Waals surface area (Å²) in [6.45, 7) is 10.3. The third-order valence-corrected chi connectivity index (χ3v) is 3.68. The lowest BCUT2D eigenvalue weighted by atomic mass is 9.92. The molecule has 0 spiro atoms. The van der Waals surface area contributed by atoms with Crippen LogP contribution in [-0.2, 0) is 0 Å². The smallest absolute Gasteiger partial charge is 0.0477 e. The summed E-state index contributed by atoms with van der Waals surface area (Å²) in [7, 11) is 1.96. The van der Waals surface area contributed by atoms with Crippen molar-refractivity contribution in [2.45, 2.75) is 39.5 Å². The van der Waals surface area contributed by atoms with Crippen molar-refractivity contribution in [1.29, 1.82) is 0 Å². The van der Waals surface area contributed by atoms with E-state index in [0.717, 1.165) is 25.2 Å². The molecule has 4 N–H and O–H groups in total. The van der Waals surface area contributed by atoms with Gasteiger partial charge in [0, 0.05) is 25.0 Å². The number of rotatable bonds is 6. The minimum Gasteiger partial charge on any atom is -0.398 e. The summed E-state index contributed by atoms with van der Waals surface area (Å²) in [4.78, 5) is 0. The van der Waals surface area contributed by atoms with Gasteiger partial charge in [-0.05, 0) is 55.2 Å². The Morgan fingerprint density at radius 1 is 1.40 bits per heavy atom. The van der Waals surface area contributed by atoms with E-state index in [9.17, 15) is 0 Å². The molecule has 1 heterocycles. The molecule has 0 fully saturated rings. The Labute approximate surface area is 123 Å². The highest BCUT2D eigenvalue weighted by molar-refractivity contribution is 5.47. The molecule has 3 heteroatoms. The Morgan fingerprint density at radius 2 is 2.15 bits per heavy atom. The summed E-state index contributed by atoms with van der Waals surface area (Å²) < 4.78 is 0. The molecule has 1 aliphatic rings. The van der Waals surface area contributed by atoms with E-state index in [1.807, 2.05) is 13.2 Å². The normalized spacial score (nSPS) is 25.6. The SMILES string of the molecule is C=C1CN\C=C(N)/C=C(CNC)/C(C)=C\1CCCCC. The topological polar surface area (TPSA) is 50.1 Å². The molecule has 1 rings (SSSR count). The van der Waals surface area contributed by atoms with E-state index >= 15 is 0 Å². The van der Waals surface area contributed by atoms with Crippen molar-refractivity contribution >= 4 is 0 Å². The van der Waals surface area contributed by atoms with Gasteiger partial charge in [-0.15, -0.1) is 0 Å². The van der Waals surface area contributed by atoms with Gasteiger partial charge in [-0.2, -0.15) is 0 Å². The van der Waals surface area contributed by atoms with Crippen molar-refractivity contribution in [3.8, 4) is 0 Å². The molecule has 0 atom stereocenters. The number of nitrogens with two attached hydrogens (primary N) is 1. The number of hydrogen-bond donors (Lipinski definition) is 3. The first-order chi connectivity index (χ1) is 9.60. The van der Waals surface area contributed by atoms with Crippen molar-refractivity contribution in [2.75, 3.05) is 20.1 Å². The zero-order valence-corrected chi connectivity index (χ0v) is 13.2. The first-order valence-electron chi connectivity index (χ1n) is 7.52. The number of nitrogens with one attached hydrogen (secondary N) is 2. The van der Waals surface area contributed by atoms with Gasteiger partial charge in [0.15, 0.2) is 0 Å². The summed E-state index contributed by atoms with van der Waals surface area (Å²) >= 11 is 0. The van der Waals surface area contributed by atoms with E-state index in [0.29, 0.717) is 0 Å². The second-order valence-electron chi connectivity index (χ2n) is 5.39. The molecule has 3 nitrogen and oxygen atoms in total. The minimum atomic E-state index is 0.761. The standard InChI is InChI=1S/C17H29N3/c1-5-6-7-8-17-13(2)10-20-12-16(18)9-15(11-19-4)14(17)3/h9,12,19-20H,2,5-8,10-11,18H2,1,3-4H3/b15-9+,16-12+,17-14-. The van der Waals surface area contributed by atoms with Crippen LogP contribution in [0.2, 0.25) is 0 Å². The predicted octanol–water partition coefficient (Wildman–Crippen LogP) is 2.99. The molecule has 0 bridgehead atoms. The first-order valence-corrected chi connectivity index (χ1v) is 7.52. The number of allylic oxidation sites excluding steroid dienone is 1. The molecule has 0 unspecified atom stereocenters. The van der Waals surface area contributed by atoms with Gasteiger partial charge in [0.05, 0.1) is 0 Å². The van der Waals surface area contributed by atoms with Crippen LogP contribution >= 0.6 is 0 Å². The third-order valence-electron chi connectivity index (χ3n) is 3.68. The summed E-state index contributed by atoms with van der Waals surface area (Å²) in [5.41, 5.74) is 11.9. The zero-order chi connectivity index (χ0) is 15.0. The average Bonchev–Trinajstić information content (AvgIpc) is 2.45. The molecule has 0 saturated heterocycles. The van der Waals surface area contributed by atoms with Gasteiger partial charge >= 0.3 is 0 Å². The Balaban J connectivity index is 3.09. The van der Waals surface area contributed by atoms with Crippen LogP contribution in [0.25, 0.3) is 0 Å². The van der Waals surface area contributed by atoms with Gasteiger partial charge < -0.3 is 16.4 Å². The Bertz CT molecular complexity index is 428. The fourth-order valence-corrected chi connectivity index (χ4v) is 2.50. The van der Waals surface area contributed by atoms with Gasteiger partial charge in [-0.25, -0.2) is 0 Å². The average molecular weight is 275 g/mol. The van der Waals surface area contributed by atoms with Crippen LogP contribution in [0.3, 0.4) is 0 Å². The molecule has 112 valence electrons. The van der Waals surface area contributed by atoms with Gasteiger partial charge in [-0.1, -0.05) is 26.3 Å².